The summed E-state index contributed by atoms with van der Waals surface area (Å²) in [7, 11) is 0. The van der Waals surface area contributed by atoms with Crippen LogP contribution in [0.1, 0.15) is 22.8 Å². The third kappa shape index (κ3) is 4.55. The van der Waals surface area contributed by atoms with E-state index in [4.69, 9.17) is 39.5 Å². The molecule has 0 radical (unpaired) electrons. The van der Waals surface area contributed by atoms with Crippen LogP contribution in [0.3, 0.4) is 0 Å². The minimum Gasteiger partial charge on any atom is -0.421 e. The lowest BCUT2D eigenvalue weighted by atomic mass is 10.1. The Bertz CT molecular complexity index is 1290. The van der Waals surface area contributed by atoms with Crippen LogP contribution in [0.15, 0.2) is 77.4 Å². The van der Waals surface area contributed by atoms with E-state index in [0.29, 0.717) is 27.6 Å². The van der Waals surface area contributed by atoms with E-state index in [1.165, 1.54) is 17.1 Å². The fourth-order valence-electron chi connectivity index (χ4n) is 3.09. The lowest BCUT2D eigenvalue weighted by Gasteiger charge is -2.11. The number of rotatable bonds is 4. The fraction of sp³-hybridized carbons (Fsp3) is 0.0417. The molecule has 0 saturated heterocycles. The van der Waals surface area contributed by atoms with Crippen LogP contribution in [-0.2, 0) is 4.79 Å². The van der Waals surface area contributed by atoms with Crippen LogP contribution in [0.4, 0.5) is 5.69 Å². The minimum absolute atomic E-state index is 0.166. The highest BCUT2D eigenvalue weighted by atomic mass is 35.5. The Labute approximate surface area is 199 Å². The number of hydrazone groups is 1. The number of hydrogen-bond donors (Lipinski definition) is 0. The molecule has 0 saturated carbocycles. The Kier molecular flexibility index (Phi) is 6.33. The van der Waals surface area contributed by atoms with E-state index in [1.54, 1.807) is 37.3 Å². The quantitative estimate of drug-likeness (QED) is 0.235. The van der Waals surface area contributed by atoms with Gasteiger partial charge in [0.2, 0.25) is 0 Å². The summed E-state index contributed by atoms with van der Waals surface area (Å²) in [4.78, 5) is 25.3. The van der Waals surface area contributed by atoms with Gasteiger partial charge >= 0.3 is 5.97 Å². The number of halogens is 3. The van der Waals surface area contributed by atoms with Crippen LogP contribution in [0.25, 0.3) is 6.08 Å². The smallest absolute Gasteiger partial charge is 0.345 e. The highest BCUT2D eigenvalue weighted by Gasteiger charge is 2.28. The third-order valence-electron chi connectivity index (χ3n) is 4.68. The third-order valence-corrected chi connectivity index (χ3v) is 5.53. The molecule has 0 aromatic heterocycles. The van der Waals surface area contributed by atoms with Crippen LogP contribution < -0.4 is 9.75 Å². The number of esters is 1. The highest BCUT2D eigenvalue weighted by Crippen LogP contribution is 2.30. The molecular weight excluding hydrogens is 471 g/mol. The molecule has 1 amide bonds. The molecule has 0 spiro atoms. The molecular formula is C24H15Cl3N2O3. The van der Waals surface area contributed by atoms with Gasteiger partial charge in [0.25, 0.3) is 5.91 Å². The molecule has 1 aliphatic heterocycles. The van der Waals surface area contributed by atoms with E-state index < -0.39 is 5.97 Å². The summed E-state index contributed by atoms with van der Waals surface area (Å²) < 4.78 is 5.38. The van der Waals surface area contributed by atoms with Gasteiger partial charge in [-0.25, -0.2) is 4.79 Å². The summed E-state index contributed by atoms with van der Waals surface area (Å²) in [6, 6.07) is 18.5. The predicted molar refractivity (Wildman–Crippen MR) is 128 cm³/mol. The zero-order valence-corrected chi connectivity index (χ0v) is 18.9. The summed E-state index contributed by atoms with van der Waals surface area (Å²) >= 11 is 18.2. The topological polar surface area (TPSA) is 59.0 Å². The number of anilines is 1. The molecule has 5 nitrogen and oxygen atoms in total. The molecule has 0 unspecified atom stereocenters. The molecule has 0 aliphatic carbocycles. The second kappa shape index (κ2) is 9.17. The highest BCUT2D eigenvalue weighted by molar-refractivity contribution is 6.37. The zero-order chi connectivity index (χ0) is 22.8. The average molecular weight is 486 g/mol. The average Bonchev–Trinajstić information content (AvgIpc) is 3.04. The molecule has 3 aromatic rings. The van der Waals surface area contributed by atoms with Gasteiger partial charge in [0, 0.05) is 5.02 Å². The number of ether oxygens (including phenoxy) is 1. The number of hydrogen-bond acceptors (Lipinski definition) is 4. The van der Waals surface area contributed by atoms with Crippen molar-refractivity contribution in [1.29, 1.82) is 0 Å². The van der Waals surface area contributed by atoms with Gasteiger partial charge in [-0.05, 0) is 61.0 Å². The number of carbonyl (C=O) groups is 2. The van der Waals surface area contributed by atoms with E-state index in [2.05, 4.69) is 5.10 Å². The van der Waals surface area contributed by atoms with E-state index in [1.807, 2.05) is 30.3 Å². The minimum atomic E-state index is -0.660. The summed E-state index contributed by atoms with van der Waals surface area (Å²) in [6.45, 7) is 1.76. The Balaban J connectivity index is 1.55. The van der Waals surface area contributed by atoms with Crippen molar-refractivity contribution in [3.8, 4) is 5.75 Å². The molecule has 0 N–H and O–H groups in total. The van der Waals surface area contributed by atoms with Crippen molar-refractivity contribution in [2.75, 3.05) is 5.01 Å². The molecule has 1 aliphatic rings. The number of nitrogens with zero attached hydrogens (tertiary/aromatic N) is 2. The van der Waals surface area contributed by atoms with Crippen molar-refractivity contribution in [1.82, 2.24) is 0 Å². The monoisotopic (exact) mass is 484 g/mol. The van der Waals surface area contributed by atoms with Crippen molar-refractivity contribution >= 4 is 64.2 Å². The van der Waals surface area contributed by atoms with Gasteiger partial charge in [-0.3, -0.25) is 4.79 Å². The normalized spacial score (nSPS) is 14.6. The van der Waals surface area contributed by atoms with E-state index in [9.17, 15) is 9.59 Å². The maximum absolute atomic E-state index is 12.8. The second-order valence-electron chi connectivity index (χ2n) is 6.90. The van der Waals surface area contributed by atoms with Crippen LogP contribution >= 0.6 is 34.8 Å². The van der Waals surface area contributed by atoms with Gasteiger partial charge in [-0.1, -0.05) is 59.1 Å². The van der Waals surface area contributed by atoms with Crippen LogP contribution in [-0.4, -0.2) is 17.6 Å². The van der Waals surface area contributed by atoms with Crippen molar-refractivity contribution in [2.24, 2.45) is 5.10 Å². The Hall–Kier alpha value is -3.12. The van der Waals surface area contributed by atoms with Gasteiger partial charge in [-0.2, -0.15) is 10.1 Å². The van der Waals surface area contributed by atoms with Gasteiger partial charge < -0.3 is 4.74 Å². The van der Waals surface area contributed by atoms with E-state index in [0.717, 1.165) is 0 Å². The van der Waals surface area contributed by atoms with Gasteiger partial charge in [0.1, 0.15) is 5.75 Å². The lowest BCUT2D eigenvalue weighted by molar-refractivity contribution is -0.114. The molecule has 0 atom stereocenters. The summed E-state index contributed by atoms with van der Waals surface area (Å²) in [5.41, 5.74) is 2.54. The first-order valence-electron chi connectivity index (χ1n) is 9.47. The molecule has 1 heterocycles. The first-order valence-corrected chi connectivity index (χ1v) is 10.6. The van der Waals surface area contributed by atoms with Crippen LogP contribution in [0.2, 0.25) is 15.1 Å². The molecule has 4 rings (SSSR count). The Morgan fingerprint density at radius 1 is 0.969 bits per heavy atom. The van der Waals surface area contributed by atoms with Crippen LogP contribution in [0.5, 0.6) is 5.75 Å². The molecule has 160 valence electrons. The largest absolute Gasteiger partial charge is 0.421 e. The number of benzene rings is 3. The van der Waals surface area contributed by atoms with Crippen LogP contribution in [0, 0.1) is 0 Å². The van der Waals surface area contributed by atoms with Gasteiger partial charge in [-0.15, -0.1) is 0 Å². The van der Waals surface area contributed by atoms with Gasteiger partial charge in [0.15, 0.2) is 0 Å². The van der Waals surface area contributed by atoms with Gasteiger partial charge in [0.05, 0.1) is 32.6 Å². The first-order chi connectivity index (χ1) is 15.3. The van der Waals surface area contributed by atoms with Crippen molar-refractivity contribution < 1.29 is 14.3 Å². The molecule has 3 aromatic carbocycles. The van der Waals surface area contributed by atoms with Crippen molar-refractivity contribution in [3.63, 3.8) is 0 Å². The fourth-order valence-corrected chi connectivity index (χ4v) is 3.81. The van der Waals surface area contributed by atoms with E-state index >= 15 is 0 Å². The predicted octanol–water partition coefficient (Wildman–Crippen LogP) is 6.67. The first kappa shape index (κ1) is 22.1. The molecule has 32 heavy (non-hydrogen) atoms. The van der Waals surface area contributed by atoms with Crippen molar-refractivity contribution in [2.45, 2.75) is 6.92 Å². The van der Waals surface area contributed by atoms with Crippen molar-refractivity contribution in [3.05, 3.63) is 98.5 Å². The Morgan fingerprint density at radius 2 is 1.72 bits per heavy atom. The summed E-state index contributed by atoms with van der Waals surface area (Å²) in [5.74, 6) is -0.733. The molecule has 8 heteroatoms. The number of amides is 1. The number of para-hydroxylation sites is 1. The zero-order valence-electron chi connectivity index (χ0n) is 16.7. The summed E-state index contributed by atoms with van der Waals surface area (Å²) in [6.07, 6.45) is 1.69. The molecule has 0 bridgehead atoms. The van der Waals surface area contributed by atoms with E-state index in [-0.39, 0.29) is 27.3 Å². The summed E-state index contributed by atoms with van der Waals surface area (Å²) in [5, 5.41) is 6.50. The SMILES string of the molecule is CC1=NN(c2ccccc2)C(=O)/C1=C\c1ccc(OC(=O)c2ccc(Cl)cc2Cl)c(Cl)c1. The lowest BCUT2D eigenvalue weighted by Crippen LogP contribution is -2.21. The maximum Gasteiger partial charge on any atom is 0.345 e. The maximum atomic E-state index is 12.8. The number of carbonyl (C=O) groups excluding carboxylic acids is 2. The Morgan fingerprint density at radius 3 is 2.41 bits per heavy atom. The standard InChI is InChI=1S/C24H15Cl3N2O3/c1-14-19(23(30)29(28-14)17-5-3-2-4-6-17)11-15-7-10-22(21(27)12-15)32-24(31)18-9-8-16(25)13-20(18)26/h2-13H,1H3/b19-11-. The second-order valence-corrected chi connectivity index (χ2v) is 8.15. The molecule has 0 fully saturated rings.